The third-order valence-electron chi connectivity index (χ3n) is 7.09. The zero-order chi connectivity index (χ0) is 22.9. The van der Waals surface area contributed by atoms with E-state index in [2.05, 4.69) is 70.5 Å². The summed E-state index contributed by atoms with van der Waals surface area (Å²) in [6.07, 6.45) is 3.75. The minimum Gasteiger partial charge on any atom is -0.476 e. The Kier molecular flexibility index (Phi) is 6.11. The molecule has 0 radical (unpaired) electrons. The summed E-state index contributed by atoms with van der Waals surface area (Å²) in [4.78, 5) is 12.9. The van der Waals surface area contributed by atoms with E-state index < -0.39 is 6.17 Å². The number of hydrogen-bond donors (Lipinski definition) is 1. The van der Waals surface area contributed by atoms with Crippen molar-refractivity contribution >= 4 is 10.9 Å². The van der Waals surface area contributed by atoms with Crippen LogP contribution >= 0.6 is 0 Å². The summed E-state index contributed by atoms with van der Waals surface area (Å²) in [6.45, 7) is 11.4. The molecule has 0 amide bonds. The van der Waals surface area contributed by atoms with Crippen molar-refractivity contribution in [3.63, 3.8) is 0 Å². The highest BCUT2D eigenvalue weighted by atomic mass is 19.1. The molecule has 3 atom stereocenters. The monoisotopic (exact) mass is 448 g/mol. The third-order valence-corrected chi connectivity index (χ3v) is 7.09. The number of ether oxygens (including phenoxy) is 1. The van der Waals surface area contributed by atoms with Gasteiger partial charge in [0.15, 0.2) is 0 Å². The number of hydrogen-bond acceptors (Lipinski definition) is 4. The maximum Gasteiger partial charge on any atom is 0.213 e. The number of halogens is 1. The van der Waals surface area contributed by atoms with Crippen molar-refractivity contribution < 1.29 is 9.13 Å². The van der Waals surface area contributed by atoms with Crippen LogP contribution in [0.25, 0.3) is 10.9 Å². The first-order valence-electron chi connectivity index (χ1n) is 12.1. The molecule has 5 rings (SSSR count). The van der Waals surface area contributed by atoms with Gasteiger partial charge in [-0.1, -0.05) is 31.7 Å². The maximum absolute atomic E-state index is 13.4. The van der Waals surface area contributed by atoms with Gasteiger partial charge in [-0.05, 0) is 49.4 Å². The summed E-state index contributed by atoms with van der Waals surface area (Å²) in [7, 11) is 0. The van der Waals surface area contributed by atoms with Gasteiger partial charge in [-0.15, -0.1) is 0 Å². The zero-order valence-corrected chi connectivity index (χ0v) is 19.6. The van der Waals surface area contributed by atoms with Crippen molar-refractivity contribution in [2.45, 2.75) is 51.4 Å². The highest BCUT2D eigenvalue weighted by molar-refractivity contribution is 5.85. The van der Waals surface area contributed by atoms with Gasteiger partial charge in [0.05, 0.1) is 6.04 Å². The van der Waals surface area contributed by atoms with Crippen molar-refractivity contribution in [3.05, 3.63) is 71.7 Å². The normalized spacial score (nSPS) is 23.1. The molecule has 1 aromatic carbocycles. The molecular formula is C27H33FN4O. The summed E-state index contributed by atoms with van der Waals surface area (Å²) in [5, 5.41) is 1.30. The molecule has 174 valence electrons. The molecule has 6 heteroatoms. The fraction of sp³-hybridized carbons (Fsp3) is 0.444. The van der Waals surface area contributed by atoms with Crippen LogP contribution in [0.1, 0.15) is 49.6 Å². The molecule has 2 aromatic heterocycles. The molecule has 2 aliphatic rings. The largest absolute Gasteiger partial charge is 0.476 e. The Hall–Kier alpha value is -2.86. The number of H-pyrrole nitrogens is 1. The van der Waals surface area contributed by atoms with E-state index in [0.717, 1.165) is 37.2 Å². The van der Waals surface area contributed by atoms with Crippen LogP contribution in [0.5, 0.6) is 5.88 Å². The number of allylic oxidation sites excluding steroid dienone is 1. The fourth-order valence-electron chi connectivity index (χ4n) is 5.37. The van der Waals surface area contributed by atoms with Crippen LogP contribution in [-0.4, -0.2) is 58.2 Å². The number of fused-ring (bicyclic) bond motifs is 3. The SMILES string of the molecule is C=C(CC)N1[C@H](c2ccc(OCCN3CCC(F)C3)nc2)c2[nH]c3ccccc3c2C[C@H]1C. The van der Waals surface area contributed by atoms with Crippen molar-refractivity contribution in [2.24, 2.45) is 0 Å². The van der Waals surface area contributed by atoms with Crippen molar-refractivity contribution in [2.75, 3.05) is 26.2 Å². The van der Waals surface area contributed by atoms with Crippen LogP contribution < -0.4 is 4.74 Å². The first-order chi connectivity index (χ1) is 16.0. The summed E-state index contributed by atoms with van der Waals surface area (Å²) in [5.41, 5.74) is 6.05. The van der Waals surface area contributed by atoms with E-state index in [9.17, 15) is 4.39 Å². The highest BCUT2D eigenvalue weighted by Gasteiger charge is 2.36. The number of benzene rings is 1. The molecule has 0 aliphatic carbocycles. The topological polar surface area (TPSA) is 44.4 Å². The molecule has 1 saturated heterocycles. The molecule has 4 heterocycles. The number of rotatable bonds is 7. The Morgan fingerprint density at radius 2 is 2.12 bits per heavy atom. The molecule has 1 N–H and O–H groups in total. The molecule has 0 saturated carbocycles. The standard InChI is InChI=1S/C27H33FN4O/c1-4-18(2)32-19(3)15-23-22-7-5-6-8-24(22)30-26(23)27(32)20-9-10-25(29-16-20)33-14-13-31-12-11-21(28)17-31/h5-10,16,19,21,27,30H,2,4,11-15,17H2,1,3H3/t19-,21?,27-/m1/s1. The smallest absolute Gasteiger partial charge is 0.213 e. The van der Waals surface area contributed by atoms with Crippen molar-refractivity contribution in [1.82, 2.24) is 19.8 Å². The Morgan fingerprint density at radius 1 is 1.27 bits per heavy atom. The van der Waals surface area contributed by atoms with Crippen molar-refractivity contribution in [1.29, 1.82) is 0 Å². The van der Waals surface area contributed by atoms with E-state index in [1.54, 1.807) is 0 Å². The second-order valence-corrected chi connectivity index (χ2v) is 9.31. The van der Waals surface area contributed by atoms with E-state index in [1.807, 2.05) is 12.3 Å². The predicted molar refractivity (Wildman–Crippen MR) is 130 cm³/mol. The van der Waals surface area contributed by atoms with Crippen LogP contribution in [0, 0.1) is 0 Å². The number of nitrogens with zero attached hydrogens (tertiary/aromatic N) is 3. The van der Waals surface area contributed by atoms with Crippen LogP contribution in [0.4, 0.5) is 4.39 Å². The molecular weight excluding hydrogens is 415 g/mol. The number of para-hydroxylation sites is 1. The van der Waals surface area contributed by atoms with Gasteiger partial charge in [0.2, 0.25) is 5.88 Å². The van der Waals surface area contributed by atoms with E-state index in [-0.39, 0.29) is 6.04 Å². The Bertz CT molecular complexity index is 1120. The molecule has 1 unspecified atom stereocenters. The fourth-order valence-corrected chi connectivity index (χ4v) is 5.37. The number of likely N-dealkylation sites (tertiary alicyclic amines) is 1. The van der Waals surface area contributed by atoms with Gasteiger partial charge in [-0.3, -0.25) is 4.90 Å². The molecule has 2 aliphatic heterocycles. The highest BCUT2D eigenvalue weighted by Crippen LogP contribution is 2.42. The minimum atomic E-state index is -0.698. The molecule has 5 nitrogen and oxygen atoms in total. The molecule has 0 bridgehead atoms. The first kappa shape index (κ1) is 22.0. The maximum atomic E-state index is 13.4. The lowest BCUT2D eigenvalue weighted by molar-refractivity contribution is 0.195. The summed E-state index contributed by atoms with van der Waals surface area (Å²) in [6, 6.07) is 13.0. The number of alkyl halides is 1. The van der Waals surface area contributed by atoms with Gasteiger partial charge in [0.25, 0.3) is 0 Å². The van der Waals surface area contributed by atoms with Crippen LogP contribution in [0.2, 0.25) is 0 Å². The van der Waals surface area contributed by atoms with E-state index in [4.69, 9.17) is 4.74 Å². The van der Waals surface area contributed by atoms with Gasteiger partial charge in [0.1, 0.15) is 12.8 Å². The third kappa shape index (κ3) is 4.24. The lowest BCUT2D eigenvalue weighted by atomic mass is 9.88. The van der Waals surface area contributed by atoms with E-state index >= 15 is 0 Å². The molecule has 0 spiro atoms. The second kappa shape index (κ2) is 9.18. The Morgan fingerprint density at radius 3 is 2.85 bits per heavy atom. The van der Waals surface area contributed by atoms with Gasteiger partial charge >= 0.3 is 0 Å². The van der Waals surface area contributed by atoms with Gasteiger partial charge < -0.3 is 14.6 Å². The number of nitrogens with one attached hydrogen (secondary N) is 1. The Balaban J connectivity index is 1.40. The number of aromatic amines is 1. The quantitative estimate of drug-likeness (QED) is 0.537. The average Bonchev–Trinajstić information content (AvgIpc) is 3.41. The summed E-state index contributed by atoms with van der Waals surface area (Å²) < 4.78 is 19.2. The number of aromatic nitrogens is 2. The van der Waals surface area contributed by atoms with Crippen LogP contribution in [-0.2, 0) is 6.42 Å². The molecule has 33 heavy (non-hydrogen) atoms. The number of pyridine rings is 1. The summed E-state index contributed by atoms with van der Waals surface area (Å²) in [5.74, 6) is 0.608. The minimum absolute atomic E-state index is 0.0382. The molecule has 3 aromatic rings. The van der Waals surface area contributed by atoms with E-state index in [1.165, 1.54) is 22.2 Å². The van der Waals surface area contributed by atoms with Crippen LogP contribution in [0.3, 0.4) is 0 Å². The second-order valence-electron chi connectivity index (χ2n) is 9.31. The Labute approximate surface area is 195 Å². The lowest BCUT2D eigenvalue weighted by Gasteiger charge is -2.43. The van der Waals surface area contributed by atoms with Gasteiger partial charge in [0, 0.05) is 60.2 Å². The predicted octanol–water partition coefficient (Wildman–Crippen LogP) is 5.25. The first-order valence-corrected chi connectivity index (χ1v) is 12.1. The lowest BCUT2D eigenvalue weighted by Crippen LogP contribution is -2.41. The van der Waals surface area contributed by atoms with Crippen LogP contribution in [0.15, 0.2) is 54.9 Å². The molecule has 1 fully saturated rings. The summed E-state index contributed by atoms with van der Waals surface area (Å²) >= 11 is 0. The average molecular weight is 449 g/mol. The van der Waals surface area contributed by atoms with Gasteiger partial charge in [-0.25, -0.2) is 9.37 Å². The zero-order valence-electron chi connectivity index (χ0n) is 19.6. The van der Waals surface area contributed by atoms with Crippen molar-refractivity contribution in [3.8, 4) is 5.88 Å². The van der Waals surface area contributed by atoms with Gasteiger partial charge in [-0.2, -0.15) is 0 Å². The van der Waals surface area contributed by atoms with E-state index in [0.29, 0.717) is 31.5 Å².